The summed E-state index contributed by atoms with van der Waals surface area (Å²) in [5, 5.41) is 1.73. The fourth-order valence-electron chi connectivity index (χ4n) is 1.74. The number of halogens is 1. The first kappa shape index (κ1) is 14.5. The van der Waals surface area contributed by atoms with E-state index in [1.165, 1.54) is 17.5 Å². The summed E-state index contributed by atoms with van der Waals surface area (Å²) in [5.41, 5.74) is 9.10. The van der Waals surface area contributed by atoms with E-state index in [0.29, 0.717) is 5.82 Å². The predicted octanol–water partition coefficient (Wildman–Crippen LogP) is 4.10. The minimum Gasteiger partial charge on any atom is -0.383 e. The summed E-state index contributed by atoms with van der Waals surface area (Å²) in [6.07, 6.45) is 1.48. The van der Waals surface area contributed by atoms with Gasteiger partial charge < -0.3 is 5.73 Å². The lowest BCUT2D eigenvalue weighted by atomic mass is 10.1. The van der Waals surface area contributed by atoms with Gasteiger partial charge in [-0.25, -0.2) is 9.97 Å². The van der Waals surface area contributed by atoms with E-state index in [0.717, 1.165) is 16.2 Å². The van der Waals surface area contributed by atoms with Gasteiger partial charge in [-0.3, -0.25) is 0 Å². The maximum absolute atomic E-state index is 5.71. The van der Waals surface area contributed by atoms with E-state index in [1.54, 1.807) is 0 Å². The first-order valence-corrected chi connectivity index (χ1v) is 7.39. The molecule has 0 spiro atoms. The van der Waals surface area contributed by atoms with E-state index in [4.69, 9.17) is 5.73 Å². The Hall–Kier alpha value is -1.94. The number of alkyl halides is 1. The van der Waals surface area contributed by atoms with Gasteiger partial charge in [0.15, 0.2) is 0 Å². The molecule has 0 aliphatic carbocycles. The topological polar surface area (TPSA) is 51.8 Å². The molecule has 0 saturated heterocycles. The maximum Gasteiger partial charge on any atom is 0.134 e. The van der Waals surface area contributed by atoms with Crippen molar-refractivity contribution in [2.24, 2.45) is 0 Å². The molecule has 4 heteroatoms. The molecule has 3 rings (SSSR count). The van der Waals surface area contributed by atoms with Gasteiger partial charge >= 0.3 is 0 Å². The van der Waals surface area contributed by atoms with Crippen LogP contribution in [0, 0.1) is 6.92 Å². The van der Waals surface area contributed by atoms with Crippen LogP contribution in [0.3, 0.4) is 0 Å². The molecule has 0 fully saturated rings. The molecule has 20 heavy (non-hydrogen) atoms. The summed E-state index contributed by atoms with van der Waals surface area (Å²) < 4.78 is 0. The zero-order valence-corrected chi connectivity index (χ0v) is 12.8. The highest BCUT2D eigenvalue weighted by atomic mass is 79.9. The highest BCUT2D eigenvalue weighted by Crippen LogP contribution is 2.19. The largest absolute Gasteiger partial charge is 0.383 e. The number of anilines is 1. The van der Waals surface area contributed by atoms with E-state index in [1.807, 2.05) is 36.4 Å². The normalized spacial score (nSPS) is 9.90. The molecule has 0 bridgehead atoms. The van der Waals surface area contributed by atoms with Crippen LogP contribution in [0.15, 0.2) is 54.9 Å². The molecule has 102 valence electrons. The van der Waals surface area contributed by atoms with Gasteiger partial charge in [-0.05, 0) is 24.6 Å². The zero-order chi connectivity index (χ0) is 14.4. The number of aryl methyl sites for hydroxylation is 1. The number of fused-ring (bicyclic) bond motifs is 1. The first-order valence-electron chi connectivity index (χ1n) is 6.27. The van der Waals surface area contributed by atoms with Crippen LogP contribution in [0.1, 0.15) is 11.1 Å². The van der Waals surface area contributed by atoms with Gasteiger partial charge in [0, 0.05) is 10.7 Å². The van der Waals surface area contributed by atoms with Gasteiger partial charge in [-0.2, -0.15) is 0 Å². The Labute approximate surface area is 127 Å². The molecule has 1 heterocycles. The molecule has 2 N–H and O–H groups in total. The zero-order valence-electron chi connectivity index (χ0n) is 11.3. The molecule has 0 radical (unpaired) electrons. The average molecular weight is 330 g/mol. The summed E-state index contributed by atoms with van der Waals surface area (Å²) in [7, 11) is 0. The fourth-order valence-corrected chi connectivity index (χ4v) is 2.09. The van der Waals surface area contributed by atoms with Crippen LogP contribution in [-0.2, 0) is 5.33 Å². The van der Waals surface area contributed by atoms with Crippen molar-refractivity contribution >= 4 is 32.7 Å². The Morgan fingerprint density at radius 2 is 1.80 bits per heavy atom. The Morgan fingerprint density at radius 3 is 2.40 bits per heavy atom. The summed E-state index contributed by atoms with van der Waals surface area (Å²) >= 11 is 3.39. The maximum atomic E-state index is 5.71. The van der Waals surface area contributed by atoms with Crippen LogP contribution < -0.4 is 5.73 Å². The van der Waals surface area contributed by atoms with Crippen LogP contribution in [0.2, 0.25) is 0 Å². The Morgan fingerprint density at radius 1 is 1.05 bits per heavy atom. The van der Waals surface area contributed by atoms with Crippen LogP contribution in [-0.4, -0.2) is 9.97 Å². The highest BCUT2D eigenvalue weighted by molar-refractivity contribution is 9.08. The Balaban J connectivity index is 0.000000178. The van der Waals surface area contributed by atoms with E-state index >= 15 is 0 Å². The van der Waals surface area contributed by atoms with Crippen molar-refractivity contribution in [2.75, 3.05) is 5.73 Å². The van der Waals surface area contributed by atoms with E-state index in [9.17, 15) is 0 Å². The van der Waals surface area contributed by atoms with E-state index in [-0.39, 0.29) is 0 Å². The van der Waals surface area contributed by atoms with Gasteiger partial charge in [-0.15, -0.1) is 0 Å². The smallest absolute Gasteiger partial charge is 0.134 e. The van der Waals surface area contributed by atoms with Gasteiger partial charge in [0.05, 0.1) is 5.52 Å². The number of nitrogens with two attached hydrogens (primary N) is 1. The van der Waals surface area contributed by atoms with Crippen molar-refractivity contribution in [3.05, 3.63) is 66.0 Å². The average Bonchev–Trinajstić information content (AvgIpc) is 2.49. The van der Waals surface area contributed by atoms with Crippen molar-refractivity contribution in [3.8, 4) is 0 Å². The minimum atomic E-state index is 0.535. The molecule has 0 saturated carbocycles. The summed E-state index contributed by atoms with van der Waals surface area (Å²) in [6.45, 7) is 2.08. The second-order valence-electron chi connectivity index (χ2n) is 4.40. The number of nitrogens with zero attached hydrogens (tertiary/aromatic N) is 2. The lowest BCUT2D eigenvalue weighted by Crippen LogP contribution is -1.93. The second-order valence-corrected chi connectivity index (χ2v) is 4.96. The summed E-state index contributed by atoms with van der Waals surface area (Å²) in [6, 6.07) is 16.2. The van der Waals surface area contributed by atoms with E-state index < -0.39 is 0 Å². The number of nitrogen functional groups attached to an aromatic ring is 1. The van der Waals surface area contributed by atoms with Gasteiger partial charge in [0.25, 0.3) is 0 Å². The number of benzene rings is 2. The number of hydrogen-bond donors (Lipinski definition) is 1. The molecular weight excluding hydrogens is 314 g/mol. The van der Waals surface area contributed by atoms with E-state index in [2.05, 4.69) is 45.0 Å². The van der Waals surface area contributed by atoms with Crippen molar-refractivity contribution < 1.29 is 0 Å². The lowest BCUT2D eigenvalue weighted by molar-refractivity contribution is 1.23. The van der Waals surface area contributed by atoms with Crippen molar-refractivity contribution in [1.82, 2.24) is 9.97 Å². The quantitative estimate of drug-likeness (QED) is 0.684. The van der Waals surface area contributed by atoms with Crippen LogP contribution in [0.25, 0.3) is 10.9 Å². The minimum absolute atomic E-state index is 0.535. The number of aromatic nitrogens is 2. The fraction of sp³-hybridized carbons (Fsp3) is 0.125. The molecule has 0 unspecified atom stereocenters. The summed E-state index contributed by atoms with van der Waals surface area (Å²) in [4.78, 5) is 8.05. The monoisotopic (exact) mass is 329 g/mol. The first-order chi connectivity index (χ1) is 9.70. The predicted molar refractivity (Wildman–Crippen MR) is 87.8 cm³/mol. The standard InChI is InChI=1S/C9H8BrN3.C7H8/c10-4-6-1-2-8-7(3-6)9(11)13-5-12-8;1-7-5-3-2-4-6-7/h1-3,5H,4H2,(H2,11,12,13);2-6H,1H3. The molecule has 0 amide bonds. The molecular formula is C16H16BrN3. The van der Waals surface area contributed by atoms with Gasteiger partial charge in [0.2, 0.25) is 0 Å². The molecule has 3 aromatic rings. The molecule has 2 aromatic carbocycles. The van der Waals surface area contributed by atoms with Crippen molar-refractivity contribution in [2.45, 2.75) is 12.3 Å². The SMILES string of the molecule is Cc1ccccc1.Nc1ncnc2ccc(CBr)cc12. The van der Waals surface area contributed by atoms with Crippen LogP contribution in [0.5, 0.6) is 0 Å². The third-order valence-electron chi connectivity index (χ3n) is 2.83. The molecule has 1 aromatic heterocycles. The van der Waals surface area contributed by atoms with Crippen LogP contribution in [0.4, 0.5) is 5.82 Å². The Bertz CT molecular complexity index is 684. The Kier molecular flexibility index (Phi) is 5.07. The van der Waals surface area contributed by atoms with Gasteiger partial charge in [0.1, 0.15) is 12.1 Å². The third kappa shape index (κ3) is 3.78. The summed E-state index contributed by atoms with van der Waals surface area (Å²) in [5.74, 6) is 0.535. The van der Waals surface area contributed by atoms with Gasteiger partial charge in [-0.1, -0.05) is 57.9 Å². The van der Waals surface area contributed by atoms with Crippen LogP contribution >= 0.6 is 15.9 Å². The number of hydrogen-bond acceptors (Lipinski definition) is 3. The molecule has 0 aliphatic heterocycles. The second kappa shape index (κ2) is 7.01. The number of rotatable bonds is 1. The van der Waals surface area contributed by atoms with Crippen molar-refractivity contribution in [3.63, 3.8) is 0 Å². The third-order valence-corrected chi connectivity index (χ3v) is 3.47. The molecule has 3 nitrogen and oxygen atoms in total. The lowest BCUT2D eigenvalue weighted by Gasteiger charge is -2.01. The van der Waals surface area contributed by atoms with Crippen molar-refractivity contribution in [1.29, 1.82) is 0 Å². The highest BCUT2D eigenvalue weighted by Gasteiger charge is 2.00. The molecule has 0 atom stereocenters. The molecule has 0 aliphatic rings.